The minimum absolute atomic E-state index is 0.0571. The van der Waals surface area contributed by atoms with E-state index in [1.54, 1.807) is 0 Å². The fourth-order valence-electron chi connectivity index (χ4n) is 1.02. The zero-order valence-electron chi connectivity index (χ0n) is 8.33. The Kier molecular flexibility index (Phi) is 4.03. The summed E-state index contributed by atoms with van der Waals surface area (Å²) in [7, 11) is 0. The summed E-state index contributed by atoms with van der Waals surface area (Å²) >= 11 is 0. The molecule has 1 aromatic rings. The molecule has 1 heterocycles. The fourth-order valence-corrected chi connectivity index (χ4v) is 1.02. The number of hydrogen-bond acceptors (Lipinski definition) is 4. The molecule has 1 atom stereocenters. The number of aliphatic carboxylic acids is 1. The fraction of sp³-hybridized carbons (Fsp3) is 0.333. The van der Waals surface area contributed by atoms with Crippen LogP contribution < -0.4 is 5.32 Å². The highest BCUT2D eigenvalue weighted by Gasteiger charge is 2.18. The molecule has 0 spiro atoms. The van der Waals surface area contributed by atoms with Crippen LogP contribution in [0, 0.1) is 12.3 Å². The summed E-state index contributed by atoms with van der Waals surface area (Å²) in [5.74, 6) is 0.542. The van der Waals surface area contributed by atoms with Gasteiger partial charge in [0.1, 0.15) is 12.6 Å². The molecule has 16 heavy (non-hydrogen) atoms. The SMILES string of the molecule is C#CCC(NC(=O)Cn1ccnn1)C(=O)O. The summed E-state index contributed by atoms with van der Waals surface area (Å²) in [6.07, 6.45) is 7.85. The van der Waals surface area contributed by atoms with Gasteiger partial charge in [-0.1, -0.05) is 5.21 Å². The number of amides is 1. The van der Waals surface area contributed by atoms with Gasteiger partial charge in [-0.25, -0.2) is 9.48 Å². The van der Waals surface area contributed by atoms with Gasteiger partial charge in [0.2, 0.25) is 5.91 Å². The van der Waals surface area contributed by atoms with Gasteiger partial charge in [-0.15, -0.1) is 17.4 Å². The Bertz CT molecular complexity index is 407. The Morgan fingerprint density at radius 3 is 2.88 bits per heavy atom. The quantitative estimate of drug-likeness (QED) is 0.614. The van der Waals surface area contributed by atoms with Crippen molar-refractivity contribution < 1.29 is 14.7 Å². The molecule has 84 valence electrons. The molecule has 0 aliphatic carbocycles. The van der Waals surface area contributed by atoms with Crippen molar-refractivity contribution in [1.29, 1.82) is 0 Å². The Hall–Kier alpha value is -2.36. The van der Waals surface area contributed by atoms with Crippen LogP contribution in [0.2, 0.25) is 0 Å². The molecule has 0 aliphatic rings. The number of carboxylic acids is 1. The van der Waals surface area contributed by atoms with E-state index in [0.29, 0.717) is 0 Å². The number of hydrogen-bond donors (Lipinski definition) is 2. The molecule has 1 amide bonds. The third-order valence-electron chi connectivity index (χ3n) is 1.73. The zero-order valence-corrected chi connectivity index (χ0v) is 8.33. The van der Waals surface area contributed by atoms with Crippen molar-refractivity contribution in [2.45, 2.75) is 19.0 Å². The molecular formula is C9H10N4O3. The van der Waals surface area contributed by atoms with Crippen molar-refractivity contribution in [3.05, 3.63) is 12.4 Å². The molecule has 7 heteroatoms. The maximum Gasteiger partial charge on any atom is 0.327 e. The molecule has 0 radical (unpaired) electrons. The van der Waals surface area contributed by atoms with Crippen LogP contribution in [0.4, 0.5) is 0 Å². The molecule has 1 unspecified atom stereocenters. The summed E-state index contributed by atoms with van der Waals surface area (Å²) in [6, 6.07) is -1.07. The largest absolute Gasteiger partial charge is 0.480 e. The average molecular weight is 222 g/mol. The summed E-state index contributed by atoms with van der Waals surface area (Å²) in [5, 5.41) is 18.1. The predicted molar refractivity (Wildman–Crippen MR) is 53.0 cm³/mol. The topological polar surface area (TPSA) is 97.1 Å². The lowest BCUT2D eigenvalue weighted by Crippen LogP contribution is -2.42. The summed E-state index contributed by atoms with van der Waals surface area (Å²) in [5.41, 5.74) is 0. The van der Waals surface area contributed by atoms with E-state index in [1.807, 2.05) is 0 Å². The molecule has 0 fully saturated rings. The van der Waals surface area contributed by atoms with E-state index in [0.717, 1.165) is 0 Å². The van der Waals surface area contributed by atoms with Crippen molar-refractivity contribution >= 4 is 11.9 Å². The van der Waals surface area contributed by atoms with E-state index in [9.17, 15) is 9.59 Å². The van der Waals surface area contributed by atoms with E-state index >= 15 is 0 Å². The van der Waals surface area contributed by atoms with Crippen molar-refractivity contribution in [1.82, 2.24) is 20.3 Å². The predicted octanol–water partition coefficient (Wildman–Crippen LogP) is -1.13. The van der Waals surface area contributed by atoms with Gasteiger partial charge in [0.15, 0.2) is 0 Å². The Morgan fingerprint density at radius 2 is 2.38 bits per heavy atom. The van der Waals surface area contributed by atoms with E-state index < -0.39 is 17.9 Å². The van der Waals surface area contributed by atoms with Gasteiger partial charge in [0.05, 0.1) is 6.20 Å². The first kappa shape index (κ1) is 11.7. The molecule has 0 aromatic carbocycles. The Morgan fingerprint density at radius 1 is 1.62 bits per heavy atom. The molecule has 1 rings (SSSR count). The molecule has 1 aromatic heterocycles. The van der Waals surface area contributed by atoms with Crippen LogP contribution in [0.1, 0.15) is 6.42 Å². The van der Waals surface area contributed by atoms with Crippen LogP contribution in [-0.2, 0) is 16.1 Å². The second-order valence-corrected chi connectivity index (χ2v) is 2.97. The molecule has 2 N–H and O–H groups in total. The van der Waals surface area contributed by atoms with Gasteiger partial charge >= 0.3 is 5.97 Å². The maximum absolute atomic E-state index is 11.4. The second kappa shape index (κ2) is 5.50. The lowest BCUT2D eigenvalue weighted by molar-refractivity contribution is -0.141. The summed E-state index contributed by atoms with van der Waals surface area (Å²) in [6.45, 7) is -0.0889. The summed E-state index contributed by atoms with van der Waals surface area (Å²) in [4.78, 5) is 22.1. The highest BCUT2D eigenvalue weighted by Crippen LogP contribution is 1.91. The minimum atomic E-state index is -1.16. The first-order chi connectivity index (χ1) is 7.63. The number of terminal acetylenes is 1. The van der Waals surface area contributed by atoms with Crippen LogP contribution in [-0.4, -0.2) is 38.0 Å². The highest BCUT2D eigenvalue weighted by atomic mass is 16.4. The first-order valence-corrected chi connectivity index (χ1v) is 4.43. The number of nitrogens with zero attached hydrogens (tertiary/aromatic N) is 3. The number of carbonyl (C=O) groups excluding carboxylic acids is 1. The van der Waals surface area contributed by atoms with E-state index in [2.05, 4.69) is 21.5 Å². The van der Waals surface area contributed by atoms with Crippen LogP contribution in [0.25, 0.3) is 0 Å². The van der Waals surface area contributed by atoms with Crippen molar-refractivity contribution in [2.75, 3.05) is 0 Å². The first-order valence-electron chi connectivity index (χ1n) is 4.43. The molecule has 0 saturated heterocycles. The van der Waals surface area contributed by atoms with Gasteiger partial charge in [0.25, 0.3) is 0 Å². The molecule has 0 bridgehead atoms. The third kappa shape index (κ3) is 3.42. The van der Waals surface area contributed by atoms with Gasteiger partial charge in [-0.05, 0) is 0 Å². The highest BCUT2D eigenvalue weighted by molar-refractivity contribution is 5.83. The van der Waals surface area contributed by atoms with Gasteiger partial charge in [-0.3, -0.25) is 4.79 Å². The zero-order chi connectivity index (χ0) is 12.0. The second-order valence-electron chi connectivity index (χ2n) is 2.97. The Labute approximate surface area is 91.4 Å². The van der Waals surface area contributed by atoms with Crippen molar-refractivity contribution in [3.63, 3.8) is 0 Å². The normalized spacial score (nSPS) is 11.4. The average Bonchev–Trinajstić information content (AvgIpc) is 2.69. The van der Waals surface area contributed by atoms with Crippen LogP contribution >= 0.6 is 0 Å². The van der Waals surface area contributed by atoms with E-state index in [-0.39, 0.29) is 13.0 Å². The minimum Gasteiger partial charge on any atom is -0.480 e. The number of nitrogens with one attached hydrogen (secondary N) is 1. The monoisotopic (exact) mass is 222 g/mol. The lowest BCUT2D eigenvalue weighted by atomic mass is 10.2. The molecular weight excluding hydrogens is 212 g/mol. The van der Waals surface area contributed by atoms with Gasteiger partial charge in [-0.2, -0.15) is 0 Å². The summed E-state index contributed by atoms with van der Waals surface area (Å²) < 4.78 is 1.28. The van der Waals surface area contributed by atoms with Crippen LogP contribution in [0.15, 0.2) is 12.4 Å². The van der Waals surface area contributed by atoms with E-state index in [1.165, 1.54) is 17.1 Å². The third-order valence-corrected chi connectivity index (χ3v) is 1.73. The maximum atomic E-state index is 11.4. The van der Waals surface area contributed by atoms with Crippen LogP contribution in [0.5, 0.6) is 0 Å². The van der Waals surface area contributed by atoms with Crippen molar-refractivity contribution in [3.8, 4) is 12.3 Å². The number of aromatic nitrogens is 3. The lowest BCUT2D eigenvalue weighted by Gasteiger charge is -2.11. The van der Waals surface area contributed by atoms with E-state index in [4.69, 9.17) is 11.5 Å². The van der Waals surface area contributed by atoms with Crippen molar-refractivity contribution in [2.24, 2.45) is 0 Å². The number of carboxylic acid groups (broad SMARTS) is 1. The molecule has 0 aliphatic heterocycles. The van der Waals surface area contributed by atoms with Crippen LogP contribution in [0.3, 0.4) is 0 Å². The number of carbonyl (C=O) groups is 2. The smallest absolute Gasteiger partial charge is 0.327 e. The number of rotatable bonds is 5. The Balaban J connectivity index is 2.49. The molecule has 0 saturated carbocycles. The molecule has 7 nitrogen and oxygen atoms in total. The standard InChI is InChI=1S/C9H10N4O3/c1-2-3-7(9(15)16)11-8(14)6-13-5-4-10-12-13/h1,4-5,7H,3,6H2,(H,11,14)(H,15,16). The van der Waals surface area contributed by atoms with Gasteiger partial charge in [0, 0.05) is 12.6 Å². The van der Waals surface area contributed by atoms with Gasteiger partial charge < -0.3 is 10.4 Å².